The number of carbonyl (C=O) groups excluding carboxylic acids is 1. The number of hydrogen-bond donors (Lipinski definition) is 1. The lowest BCUT2D eigenvalue weighted by molar-refractivity contribution is -0.117. The maximum atomic E-state index is 11.7. The van der Waals surface area contributed by atoms with E-state index >= 15 is 0 Å². The summed E-state index contributed by atoms with van der Waals surface area (Å²) in [6.07, 6.45) is 1.31. The van der Waals surface area contributed by atoms with Crippen LogP contribution in [0.1, 0.15) is 0 Å². The molecule has 0 aliphatic carbocycles. The summed E-state index contributed by atoms with van der Waals surface area (Å²) in [6.45, 7) is 0.840. The van der Waals surface area contributed by atoms with Crippen molar-refractivity contribution in [2.75, 3.05) is 18.5 Å². The quantitative estimate of drug-likeness (QED) is 0.912. The van der Waals surface area contributed by atoms with Crippen molar-refractivity contribution in [3.05, 3.63) is 39.7 Å². The number of nitrogens with one attached hydrogen (secondary N) is 1. The maximum absolute atomic E-state index is 11.7. The third-order valence-electron chi connectivity index (χ3n) is 2.05. The van der Waals surface area contributed by atoms with E-state index in [-0.39, 0.29) is 11.7 Å². The van der Waals surface area contributed by atoms with Gasteiger partial charge in [0.25, 0.3) is 5.91 Å². The van der Waals surface area contributed by atoms with Gasteiger partial charge in [-0.3, -0.25) is 4.79 Å². The number of hydrogen-bond acceptors (Lipinski definition) is 3. The van der Waals surface area contributed by atoms with Gasteiger partial charge in [-0.15, -0.1) is 0 Å². The lowest BCUT2D eigenvalue weighted by atomic mass is 10.3. The standard InChI is InChI=1S/C11H9BrClNO3/c12-8-5-7(1-2-9(8)13)14-11(15)10-6-16-3-4-17-10/h1-2,5-6H,3-4H2,(H,14,15). The fourth-order valence-corrected chi connectivity index (χ4v) is 1.75. The summed E-state index contributed by atoms with van der Waals surface area (Å²) in [5.74, 6) is -0.179. The highest BCUT2D eigenvalue weighted by molar-refractivity contribution is 9.10. The Morgan fingerprint density at radius 2 is 2.24 bits per heavy atom. The van der Waals surface area contributed by atoms with Crippen molar-refractivity contribution < 1.29 is 14.3 Å². The van der Waals surface area contributed by atoms with Gasteiger partial charge in [0.1, 0.15) is 19.5 Å². The van der Waals surface area contributed by atoms with Gasteiger partial charge in [0.05, 0.1) is 5.02 Å². The fraction of sp³-hybridized carbons (Fsp3) is 0.182. The van der Waals surface area contributed by atoms with Crippen LogP contribution in [0.2, 0.25) is 5.02 Å². The molecule has 1 aliphatic heterocycles. The zero-order valence-electron chi connectivity index (χ0n) is 8.70. The molecule has 0 bridgehead atoms. The van der Waals surface area contributed by atoms with E-state index in [1.807, 2.05) is 0 Å². The van der Waals surface area contributed by atoms with Crippen LogP contribution in [0.15, 0.2) is 34.7 Å². The third kappa shape index (κ3) is 3.14. The Labute approximate surface area is 112 Å². The van der Waals surface area contributed by atoms with E-state index in [1.54, 1.807) is 18.2 Å². The molecule has 1 heterocycles. The largest absolute Gasteiger partial charge is 0.494 e. The number of anilines is 1. The molecule has 0 atom stereocenters. The highest BCUT2D eigenvalue weighted by atomic mass is 79.9. The summed E-state index contributed by atoms with van der Waals surface area (Å²) in [4.78, 5) is 11.7. The molecule has 17 heavy (non-hydrogen) atoms. The Hall–Kier alpha value is -1.20. The number of benzene rings is 1. The summed E-state index contributed by atoms with van der Waals surface area (Å²) in [6, 6.07) is 5.10. The second-order valence-corrected chi connectivity index (χ2v) is 4.55. The Bertz CT molecular complexity index is 476. The third-order valence-corrected chi connectivity index (χ3v) is 3.26. The summed E-state index contributed by atoms with van der Waals surface area (Å²) < 4.78 is 10.9. The monoisotopic (exact) mass is 317 g/mol. The lowest BCUT2D eigenvalue weighted by Gasteiger charge is -2.15. The molecule has 1 N–H and O–H groups in total. The number of halogens is 2. The molecule has 0 unspecified atom stereocenters. The number of amides is 1. The molecule has 0 radical (unpaired) electrons. The molecule has 1 aliphatic rings. The number of carbonyl (C=O) groups is 1. The summed E-state index contributed by atoms with van der Waals surface area (Å²) in [5.41, 5.74) is 0.626. The molecule has 0 saturated carbocycles. The highest BCUT2D eigenvalue weighted by Gasteiger charge is 2.15. The average molecular weight is 319 g/mol. The molecule has 1 aromatic carbocycles. The van der Waals surface area contributed by atoms with E-state index in [2.05, 4.69) is 21.2 Å². The van der Waals surface area contributed by atoms with Crippen molar-refractivity contribution in [3.8, 4) is 0 Å². The van der Waals surface area contributed by atoms with Crippen molar-refractivity contribution >= 4 is 39.1 Å². The van der Waals surface area contributed by atoms with Crippen LogP contribution in [0.4, 0.5) is 5.69 Å². The molecule has 4 nitrogen and oxygen atoms in total. The van der Waals surface area contributed by atoms with Gasteiger partial charge in [-0.05, 0) is 34.1 Å². The molecule has 0 fully saturated rings. The van der Waals surface area contributed by atoms with Crippen LogP contribution in [0.25, 0.3) is 0 Å². The minimum absolute atomic E-state index is 0.169. The topological polar surface area (TPSA) is 47.6 Å². The molecule has 2 rings (SSSR count). The normalized spacial score (nSPS) is 14.4. The second kappa shape index (κ2) is 5.42. The summed E-state index contributed by atoms with van der Waals surface area (Å²) in [7, 11) is 0. The molecule has 6 heteroatoms. The number of rotatable bonds is 2. The lowest BCUT2D eigenvalue weighted by Crippen LogP contribution is -2.21. The molecule has 0 aromatic heterocycles. The van der Waals surface area contributed by atoms with Gasteiger partial charge in [0.2, 0.25) is 5.76 Å². The molecule has 1 amide bonds. The minimum atomic E-state index is -0.348. The van der Waals surface area contributed by atoms with Crippen LogP contribution in [0.3, 0.4) is 0 Å². The Balaban J connectivity index is 2.07. The minimum Gasteiger partial charge on any atom is -0.494 e. The van der Waals surface area contributed by atoms with Gasteiger partial charge in [0.15, 0.2) is 0 Å². The van der Waals surface area contributed by atoms with Crippen molar-refractivity contribution in [2.24, 2.45) is 0 Å². The summed E-state index contributed by atoms with van der Waals surface area (Å²) in [5, 5.41) is 3.26. The van der Waals surface area contributed by atoms with Crippen molar-refractivity contribution in [1.82, 2.24) is 0 Å². The van der Waals surface area contributed by atoms with Crippen molar-refractivity contribution in [2.45, 2.75) is 0 Å². The van der Waals surface area contributed by atoms with Crippen LogP contribution in [0.5, 0.6) is 0 Å². The molecular formula is C11H9BrClNO3. The van der Waals surface area contributed by atoms with Gasteiger partial charge in [-0.2, -0.15) is 0 Å². The van der Waals surface area contributed by atoms with Crippen LogP contribution in [-0.2, 0) is 14.3 Å². The van der Waals surface area contributed by atoms with Gasteiger partial charge in [-0.1, -0.05) is 11.6 Å². The Kier molecular flexibility index (Phi) is 3.91. The Morgan fingerprint density at radius 3 is 2.88 bits per heavy atom. The zero-order valence-corrected chi connectivity index (χ0v) is 11.0. The molecule has 0 spiro atoms. The van der Waals surface area contributed by atoms with Crippen LogP contribution < -0.4 is 5.32 Å². The smallest absolute Gasteiger partial charge is 0.294 e. The van der Waals surface area contributed by atoms with E-state index in [4.69, 9.17) is 21.1 Å². The van der Waals surface area contributed by atoms with E-state index in [0.29, 0.717) is 28.4 Å². The van der Waals surface area contributed by atoms with E-state index in [0.717, 1.165) is 0 Å². The summed E-state index contributed by atoms with van der Waals surface area (Å²) >= 11 is 9.13. The van der Waals surface area contributed by atoms with E-state index in [9.17, 15) is 4.79 Å². The van der Waals surface area contributed by atoms with Crippen LogP contribution in [0, 0.1) is 0 Å². The second-order valence-electron chi connectivity index (χ2n) is 3.28. The van der Waals surface area contributed by atoms with Crippen LogP contribution in [-0.4, -0.2) is 19.1 Å². The predicted molar refractivity (Wildman–Crippen MR) is 67.8 cm³/mol. The number of ether oxygens (including phenoxy) is 2. The van der Waals surface area contributed by atoms with Gasteiger partial charge in [-0.25, -0.2) is 0 Å². The highest BCUT2D eigenvalue weighted by Crippen LogP contribution is 2.25. The van der Waals surface area contributed by atoms with Crippen molar-refractivity contribution in [1.29, 1.82) is 0 Å². The average Bonchev–Trinajstić information content (AvgIpc) is 2.35. The fourth-order valence-electron chi connectivity index (χ4n) is 1.25. The SMILES string of the molecule is O=C(Nc1ccc(Cl)c(Br)c1)C1=COCCO1. The predicted octanol–water partition coefficient (Wildman–Crippen LogP) is 2.93. The van der Waals surface area contributed by atoms with Crippen LogP contribution >= 0.6 is 27.5 Å². The zero-order chi connectivity index (χ0) is 12.3. The van der Waals surface area contributed by atoms with Gasteiger partial charge in [0, 0.05) is 10.2 Å². The molecule has 1 aromatic rings. The van der Waals surface area contributed by atoms with E-state index in [1.165, 1.54) is 6.26 Å². The van der Waals surface area contributed by atoms with Gasteiger partial charge < -0.3 is 14.8 Å². The Morgan fingerprint density at radius 1 is 1.41 bits per heavy atom. The molecular weight excluding hydrogens is 309 g/mol. The molecule has 90 valence electrons. The first-order valence-corrected chi connectivity index (χ1v) is 6.05. The van der Waals surface area contributed by atoms with Gasteiger partial charge >= 0.3 is 0 Å². The van der Waals surface area contributed by atoms with E-state index < -0.39 is 0 Å². The first-order valence-electron chi connectivity index (χ1n) is 4.88. The first-order chi connectivity index (χ1) is 8.16. The molecule has 0 saturated heterocycles. The first kappa shape index (κ1) is 12.3. The maximum Gasteiger partial charge on any atom is 0.294 e. The van der Waals surface area contributed by atoms with Crippen molar-refractivity contribution in [3.63, 3.8) is 0 Å².